The molecule has 1 saturated carbocycles. The molecule has 3 heteroatoms. The van der Waals surface area contributed by atoms with Gasteiger partial charge in [0.2, 0.25) is 0 Å². The number of aromatic nitrogens is 2. The van der Waals surface area contributed by atoms with Gasteiger partial charge in [-0.05, 0) is 26.7 Å². The van der Waals surface area contributed by atoms with Crippen LogP contribution in [0.5, 0.6) is 0 Å². The average molecular weight is 208 g/mol. The van der Waals surface area contributed by atoms with Crippen molar-refractivity contribution in [2.75, 3.05) is 0 Å². The van der Waals surface area contributed by atoms with Gasteiger partial charge in [-0.3, -0.25) is 0 Å². The molecule has 0 unspecified atom stereocenters. The van der Waals surface area contributed by atoms with Gasteiger partial charge >= 0.3 is 0 Å². The second-order valence-corrected chi connectivity index (χ2v) is 4.84. The van der Waals surface area contributed by atoms with E-state index >= 15 is 0 Å². The summed E-state index contributed by atoms with van der Waals surface area (Å²) in [6, 6.07) is 0.369. The van der Waals surface area contributed by atoms with Gasteiger partial charge in [-0.15, -0.1) is 0 Å². The lowest BCUT2D eigenvalue weighted by atomic mass is 9.84. The van der Waals surface area contributed by atoms with Gasteiger partial charge in [-0.1, -0.05) is 19.3 Å². The highest BCUT2D eigenvalue weighted by atomic mass is 16.3. The van der Waals surface area contributed by atoms with Gasteiger partial charge in [0.15, 0.2) is 0 Å². The van der Waals surface area contributed by atoms with Crippen LogP contribution in [-0.2, 0) is 5.60 Å². The Morgan fingerprint density at radius 3 is 2.60 bits per heavy atom. The van der Waals surface area contributed by atoms with Crippen LogP contribution in [0.4, 0.5) is 0 Å². The molecule has 1 N–H and O–H groups in total. The van der Waals surface area contributed by atoms with Crippen LogP contribution in [-0.4, -0.2) is 14.7 Å². The average Bonchev–Trinajstić information content (AvgIpc) is 2.67. The molecule has 1 aromatic heterocycles. The van der Waals surface area contributed by atoms with Gasteiger partial charge in [0.05, 0.1) is 0 Å². The molecule has 2 rings (SSSR count). The van der Waals surface area contributed by atoms with Gasteiger partial charge < -0.3 is 9.67 Å². The molecule has 15 heavy (non-hydrogen) atoms. The van der Waals surface area contributed by atoms with Crippen molar-refractivity contribution in [3.8, 4) is 0 Å². The largest absolute Gasteiger partial charge is 0.382 e. The Balaban J connectivity index is 2.30. The molecule has 0 saturated heterocycles. The van der Waals surface area contributed by atoms with E-state index in [1.165, 1.54) is 6.42 Å². The highest BCUT2D eigenvalue weighted by Crippen LogP contribution is 2.36. The van der Waals surface area contributed by atoms with Crippen molar-refractivity contribution >= 4 is 0 Å². The molecule has 1 aromatic rings. The maximum atomic E-state index is 10.6. The van der Waals surface area contributed by atoms with Crippen LogP contribution in [0.15, 0.2) is 12.4 Å². The Morgan fingerprint density at radius 2 is 2.00 bits per heavy atom. The topological polar surface area (TPSA) is 38.0 Å². The third-order valence-corrected chi connectivity index (χ3v) is 3.32. The molecular weight excluding hydrogens is 188 g/mol. The maximum Gasteiger partial charge on any atom is 0.140 e. The first-order valence-corrected chi connectivity index (χ1v) is 5.89. The third kappa shape index (κ3) is 1.93. The minimum atomic E-state index is -0.675. The number of rotatable bonds is 2. The van der Waals surface area contributed by atoms with Crippen molar-refractivity contribution in [1.29, 1.82) is 0 Å². The molecule has 0 radical (unpaired) electrons. The molecule has 3 nitrogen and oxygen atoms in total. The molecule has 1 aliphatic carbocycles. The molecule has 84 valence electrons. The highest BCUT2D eigenvalue weighted by Gasteiger charge is 2.35. The lowest BCUT2D eigenvalue weighted by molar-refractivity contribution is -0.0127. The van der Waals surface area contributed by atoms with E-state index < -0.39 is 5.60 Å². The zero-order valence-corrected chi connectivity index (χ0v) is 9.61. The van der Waals surface area contributed by atoms with Crippen LogP contribution < -0.4 is 0 Å². The second-order valence-electron chi connectivity index (χ2n) is 4.84. The lowest BCUT2D eigenvalue weighted by Crippen LogP contribution is -2.32. The first kappa shape index (κ1) is 10.7. The van der Waals surface area contributed by atoms with E-state index in [9.17, 15) is 5.11 Å². The summed E-state index contributed by atoms with van der Waals surface area (Å²) in [5.74, 6) is 0.859. The van der Waals surface area contributed by atoms with E-state index in [4.69, 9.17) is 0 Å². The van der Waals surface area contributed by atoms with Gasteiger partial charge in [0.25, 0.3) is 0 Å². The van der Waals surface area contributed by atoms with Crippen LogP contribution in [0.25, 0.3) is 0 Å². The van der Waals surface area contributed by atoms with E-state index in [1.54, 1.807) is 6.20 Å². The summed E-state index contributed by atoms with van der Waals surface area (Å²) in [7, 11) is 0. The Labute approximate surface area is 91.1 Å². The predicted octanol–water partition coefficient (Wildman–Crippen LogP) is 2.62. The predicted molar refractivity (Wildman–Crippen MR) is 59.6 cm³/mol. The number of hydrogen-bond acceptors (Lipinski definition) is 2. The Kier molecular flexibility index (Phi) is 2.83. The van der Waals surface area contributed by atoms with E-state index in [0.717, 1.165) is 31.5 Å². The second kappa shape index (κ2) is 3.97. The van der Waals surface area contributed by atoms with Crippen LogP contribution in [0.2, 0.25) is 0 Å². The summed E-state index contributed by atoms with van der Waals surface area (Å²) >= 11 is 0. The summed E-state index contributed by atoms with van der Waals surface area (Å²) in [4.78, 5) is 4.35. The van der Waals surface area contributed by atoms with E-state index in [2.05, 4.69) is 23.4 Å². The van der Waals surface area contributed by atoms with Gasteiger partial charge in [0.1, 0.15) is 11.4 Å². The van der Waals surface area contributed by atoms with Crippen LogP contribution in [0.3, 0.4) is 0 Å². The van der Waals surface area contributed by atoms with Crippen molar-refractivity contribution in [3.63, 3.8) is 0 Å². The number of aliphatic hydroxyl groups is 1. The zero-order chi connectivity index (χ0) is 10.9. The van der Waals surface area contributed by atoms with E-state index in [1.807, 2.05) is 6.20 Å². The standard InChI is InChI=1S/C12H20N2O/c1-10(2)14-9-8-13-11(14)12(15)6-4-3-5-7-12/h8-10,15H,3-7H2,1-2H3. The Morgan fingerprint density at radius 1 is 1.33 bits per heavy atom. The first-order chi connectivity index (χ1) is 7.13. The fraction of sp³-hybridized carbons (Fsp3) is 0.750. The van der Waals surface area contributed by atoms with Crippen molar-refractivity contribution in [3.05, 3.63) is 18.2 Å². The number of hydrogen-bond donors (Lipinski definition) is 1. The molecule has 1 fully saturated rings. The summed E-state index contributed by atoms with van der Waals surface area (Å²) < 4.78 is 2.09. The van der Waals surface area contributed by atoms with Crippen molar-refractivity contribution in [1.82, 2.24) is 9.55 Å². The van der Waals surface area contributed by atoms with Crippen molar-refractivity contribution in [2.45, 2.75) is 57.6 Å². The summed E-state index contributed by atoms with van der Waals surface area (Å²) in [6.07, 6.45) is 8.94. The summed E-state index contributed by atoms with van der Waals surface area (Å²) in [5, 5.41) is 10.6. The Hall–Kier alpha value is -0.830. The van der Waals surface area contributed by atoms with E-state index in [0.29, 0.717) is 6.04 Å². The molecule has 1 heterocycles. The molecule has 0 aliphatic heterocycles. The monoisotopic (exact) mass is 208 g/mol. The molecule has 0 bridgehead atoms. The summed E-state index contributed by atoms with van der Waals surface area (Å²) in [6.45, 7) is 4.24. The molecule has 0 spiro atoms. The number of nitrogens with zero attached hydrogens (tertiary/aromatic N) is 2. The quantitative estimate of drug-likeness (QED) is 0.811. The smallest absolute Gasteiger partial charge is 0.140 e. The lowest BCUT2D eigenvalue weighted by Gasteiger charge is -2.32. The van der Waals surface area contributed by atoms with Crippen LogP contribution >= 0.6 is 0 Å². The van der Waals surface area contributed by atoms with Crippen molar-refractivity contribution in [2.24, 2.45) is 0 Å². The minimum absolute atomic E-state index is 0.369. The molecular formula is C12H20N2O. The zero-order valence-electron chi connectivity index (χ0n) is 9.61. The highest BCUT2D eigenvalue weighted by molar-refractivity contribution is 5.07. The molecule has 0 atom stereocenters. The first-order valence-electron chi connectivity index (χ1n) is 5.89. The van der Waals surface area contributed by atoms with Crippen LogP contribution in [0.1, 0.15) is 57.8 Å². The summed E-state index contributed by atoms with van der Waals surface area (Å²) in [5.41, 5.74) is -0.675. The number of imidazole rings is 1. The minimum Gasteiger partial charge on any atom is -0.382 e. The van der Waals surface area contributed by atoms with Crippen LogP contribution in [0, 0.1) is 0 Å². The van der Waals surface area contributed by atoms with E-state index in [-0.39, 0.29) is 0 Å². The maximum absolute atomic E-state index is 10.6. The van der Waals surface area contributed by atoms with Gasteiger partial charge in [-0.2, -0.15) is 0 Å². The SMILES string of the molecule is CC(C)n1ccnc1C1(O)CCCCC1. The van der Waals surface area contributed by atoms with Gasteiger partial charge in [0, 0.05) is 18.4 Å². The Bertz CT molecular complexity index is 324. The molecule has 0 aromatic carbocycles. The fourth-order valence-electron chi connectivity index (χ4n) is 2.45. The fourth-order valence-corrected chi connectivity index (χ4v) is 2.45. The van der Waals surface area contributed by atoms with Crippen molar-refractivity contribution < 1.29 is 5.11 Å². The third-order valence-electron chi connectivity index (χ3n) is 3.32. The van der Waals surface area contributed by atoms with Gasteiger partial charge in [-0.25, -0.2) is 4.98 Å². The normalized spacial score (nSPS) is 20.8. The molecule has 0 amide bonds. The molecule has 1 aliphatic rings.